The van der Waals surface area contributed by atoms with E-state index in [-0.39, 0.29) is 17.4 Å². The van der Waals surface area contributed by atoms with Gasteiger partial charge in [0.25, 0.3) is 0 Å². The smallest absolute Gasteiger partial charge is 0.187 e. The fourth-order valence-electron chi connectivity index (χ4n) is 0. The second kappa shape index (κ2) is 2.63. The summed E-state index contributed by atoms with van der Waals surface area (Å²) in [4.78, 5) is 0. The van der Waals surface area contributed by atoms with E-state index in [1.807, 2.05) is 0 Å². The Labute approximate surface area is 50.7 Å². The van der Waals surface area contributed by atoms with Crippen molar-refractivity contribution in [2.75, 3.05) is 28.2 Å². The van der Waals surface area contributed by atoms with Crippen LogP contribution in [0, 0.1) is 0 Å². The molecule has 0 aromatic heterocycles. The topological polar surface area (TPSA) is 0 Å². The summed E-state index contributed by atoms with van der Waals surface area (Å²) in [6.07, 6.45) is 0. The number of hydrogen-bond acceptors (Lipinski definition) is 0. The predicted molar refractivity (Wildman–Crippen MR) is 33.9 cm³/mol. The highest BCUT2D eigenvalue weighted by molar-refractivity contribution is 5.75. The van der Waals surface area contributed by atoms with E-state index >= 15 is 0 Å². The normalized spacial score (nSPS) is 10.0. The van der Waals surface area contributed by atoms with E-state index in [9.17, 15) is 0 Å². The highest BCUT2D eigenvalue weighted by Crippen LogP contribution is 1.73. The third-order valence-electron chi connectivity index (χ3n) is 0. The van der Waals surface area contributed by atoms with Gasteiger partial charge in [0.2, 0.25) is 0 Å². The molecule has 0 fully saturated rings. The van der Waals surface area contributed by atoms with Gasteiger partial charge in [-0.2, -0.15) is 0 Å². The number of nitrogens with zero attached hydrogens (tertiary/aromatic N) is 1. The van der Waals surface area contributed by atoms with Gasteiger partial charge in [-0.05, 0) is 0 Å². The summed E-state index contributed by atoms with van der Waals surface area (Å²) < 4.78 is 1.00. The van der Waals surface area contributed by atoms with Crippen LogP contribution in [0.25, 0.3) is 0 Å². The molecule has 0 aliphatic rings. The number of rotatable bonds is 0. The van der Waals surface area contributed by atoms with Crippen LogP contribution in [0.3, 0.4) is 0 Å². The van der Waals surface area contributed by atoms with Gasteiger partial charge in [0.15, 0.2) is 17.4 Å². The molecule has 0 aliphatic carbocycles. The van der Waals surface area contributed by atoms with E-state index in [0.29, 0.717) is 0 Å². The molecule has 0 rings (SSSR count). The second-order valence-corrected chi connectivity index (χ2v) is 2.68. The van der Waals surface area contributed by atoms with Gasteiger partial charge < -0.3 is 4.48 Å². The van der Waals surface area contributed by atoms with Crippen LogP contribution in [-0.4, -0.2) is 50.0 Å². The van der Waals surface area contributed by atoms with Gasteiger partial charge in [0, 0.05) is 0 Å². The lowest BCUT2D eigenvalue weighted by molar-refractivity contribution is -0.849. The summed E-state index contributed by atoms with van der Waals surface area (Å²) in [5.41, 5.74) is 0. The molecule has 0 bridgehead atoms. The minimum absolute atomic E-state index is 0. The quantitative estimate of drug-likeness (QED) is 0.277. The zero-order valence-corrected chi connectivity index (χ0v) is 4.45. The van der Waals surface area contributed by atoms with E-state index in [4.69, 9.17) is 0 Å². The first-order valence-corrected chi connectivity index (χ1v) is 1.79. The van der Waals surface area contributed by atoms with E-state index in [2.05, 4.69) is 28.2 Å². The molecule has 0 atom stereocenters. The van der Waals surface area contributed by atoms with Gasteiger partial charge in [0.05, 0.1) is 28.2 Å². The molecule has 6 heavy (non-hydrogen) atoms. The molecular weight excluding hydrogens is 89.0 g/mol. The molecule has 38 valence electrons. The van der Waals surface area contributed by atoms with E-state index in [1.165, 1.54) is 0 Å². The van der Waals surface area contributed by atoms with Gasteiger partial charge in [-0.15, -0.1) is 0 Å². The van der Waals surface area contributed by atoms with Crippen molar-refractivity contribution >= 4 is 17.4 Å². The minimum atomic E-state index is 0. The highest BCUT2D eigenvalue weighted by Gasteiger charge is 1.88. The first-order chi connectivity index (χ1) is 2.00. The molecule has 0 aliphatic heterocycles. The molecule has 0 radical (unpaired) electrons. The molecule has 0 N–H and O–H groups in total. The molecule has 1 nitrogen and oxygen atoms in total. The Balaban J connectivity index is 0. The average molecular weight is 104 g/mol. The lowest BCUT2D eigenvalue weighted by atomic mass is 10.8. The zero-order chi connectivity index (χ0) is 4.50. The Bertz CT molecular complexity index is 23.0. The van der Waals surface area contributed by atoms with Gasteiger partial charge in [0.1, 0.15) is 0 Å². The molecule has 0 heterocycles. The first-order valence-electron chi connectivity index (χ1n) is 1.79. The summed E-state index contributed by atoms with van der Waals surface area (Å²) in [5.74, 6) is 0. The molecule has 0 amide bonds. The average Bonchev–Trinajstić information content (AvgIpc) is 0.722. The van der Waals surface area contributed by atoms with Gasteiger partial charge >= 0.3 is 0 Å². The van der Waals surface area contributed by atoms with E-state index < -0.39 is 0 Å². The highest BCUT2D eigenvalue weighted by atomic mass is 27.0. The number of quaternary nitrogens is 1. The molecular formula is C4H15AlN+. The summed E-state index contributed by atoms with van der Waals surface area (Å²) in [7, 11) is 8.50. The van der Waals surface area contributed by atoms with Crippen molar-refractivity contribution in [3.8, 4) is 0 Å². The lowest BCUT2D eigenvalue weighted by Crippen LogP contribution is -2.27. The fourth-order valence-corrected chi connectivity index (χ4v) is 0. The summed E-state index contributed by atoms with van der Waals surface area (Å²) in [6, 6.07) is 0. The second-order valence-electron chi connectivity index (χ2n) is 2.68. The third kappa shape index (κ3) is 226. The molecule has 0 unspecified atom stereocenters. The standard InChI is InChI=1S/C4H12N.Al.3H/c1-5(2,3)4;;;;/h1-4H3;;;;/q+1;;;;. The Morgan fingerprint density at radius 2 is 0.833 bits per heavy atom. The maximum Gasteiger partial charge on any atom is 0.187 e. The molecule has 2 heteroatoms. The van der Waals surface area contributed by atoms with Crippen LogP contribution in [0.1, 0.15) is 0 Å². The molecule has 0 saturated heterocycles. The molecule has 0 aromatic rings. The van der Waals surface area contributed by atoms with Crippen molar-refractivity contribution in [1.82, 2.24) is 0 Å². The Kier molecular flexibility index (Phi) is 4.25. The minimum Gasteiger partial charge on any atom is -0.333 e. The lowest BCUT2D eigenvalue weighted by Gasteiger charge is -2.14. The monoisotopic (exact) mass is 104 g/mol. The summed E-state index contributed by atoms with van der Waals surface area (Å²) in [5, 5.41) is 0. The summed E-state index contributed by atoms with van der Waals surface area (Å²) >= 11 is 0. The Morgan fingerprint density at radius 3 is 0.833 bits per heavy atom. The van der Waals surface area contributed by atoms with Crippen molar-refractivity contribution in [2.45, 2.75) is 0 Å². The van der Waals surface area contributed by atoms with Crippen LogP contribution in [0.2, 0.25) is 0 Å². The Hall–Kier alpha value is 0.492. The van der Waals surface area contributed by atoms with Gasteiger partial charge in [-0.3, -0.25) is 0 Å². The van der Waals surface area contributed by atoms with E-state index in [0.717, 1.165) is 4.48 Å². The zero-order valence-electron chi connectivity index (χ0n) is 4.45. The maximum absolute atomic E-state index is 2.12. The van der Waals surface area contributed by atoms with Crippen molar-refractivity contribution in [1.29, 1.82) is 0 Å². The maximum atomic E-state index is 2.12. The third-order valence-corrected chi connectivity index (χ3v) is 0. The van der Waals surface area contributed by atoms with E-state index in [1.54, 1.807) is 0 Å². The van der Waals surface area contributed by atoms with Crippen molar-refractivity contribution < 1.29 is 4.48 Å². The summed E-state index contributed by atoms with van der Waals surface area (Å²) in [6.45, 7) is 0. The predicted octanol–water partition coefficient (Wildman–Crippen LogP) is -0.861. The van der Waals surface area contributed by atoms with Crippen molar-refractivity contribution in [2.24, 2.45) is 0 Å². The van der Waals surface area contributed by atoms with Gasteiger partial charge in [-0.1, -0.05) is 0 Å². The molecule has 0 aromatic carbocycles. The van der Waals surface area contributed by atoms with Crippen LogP contribution in [-0.2, 0) is 0 Å². The number of hydrogen-bond donors (Lipinski definition) is 0. The van der Waals surface area contributed by atoms with Crippen LogP contribution in [0.4, 0.5) is 0 Å². The van der Waals surface area contributed by atoms with Crippen molar-refractivity contribution in [3.05, 3.63) is 0 Å². The molecule has 0 saturated carbocycles. The molecule has 0 spiro atoms. The van der Waals surface area contributed by atoms with Crippen LogP contribution in [0.15, 0.2) is 0 Å². The Morgan fingerprint density at radius 1 is 0.833 bits per heavy atom. The van der Waals surface area contributed by atoms with Crippen molar-refractivity contribution in [3.63, 3.8) is 0 Å². The largest absolute Gasteiger partial charge is 0.333 e. The first kappa shape index (κ1) is 9.70. The van der Waals surface area contributed by atoms with Gasteiger partial charge in [-0.25, -0.2) is 0 Å². The fraction of sp³-hybridized carbons (Fsp3) is 1.00. The van der Waals surface area contributed by atoms with Crippen LogP contribution < -0.4 is 0 Å². The van der Waals surface area contributed by atoms with Crippen LogP contribution in [0.5, 0.6) is 0 Å². The SMILES string of the molecule is C[N+](C)(C)C.[AlH3]. The van der Waals surface area contributed by atoms with Crippen LogP contribution >= 0.6 is 0 Å².